The first-order chi connectivity index (χ1) is 7.84. The van der Waals surface area contributed by atoms with E-state index in [4.69, 9.17) is 9.47 Å². The molecular weight excluding hydrogens is 268 g/mol. The van der Waals surface area contributed by atoms with Gasteiger partial charge in [-0.05, 0) is 42.0 Å². The quantitative estimate of drug-likeness (QED) is 0.828. The molecule has 1 heterocycles. The van der Waals surface area contributed by atoms with E-state index in [0.717, 1.165) is 17.0 Å². The third kappa shape index (κ3) is 2.17. The van der Waals surface area contributed by atoms with Gasteiger partial charge in [-0.25, -0.2) is 0 Å². The van der Waals surface area contributed by atoms with Crippen molar-refractivity contribution >= 4 is 15.9 Å². The Morgan fingerprint density at radius 2 is 2.00 bits per heavy atom. The fraction of sp³-hybridized carbons (Fsp3) is 0.538. The molecule has 1 saturated heterocycles. The van der Waals surface area contributed by atoms with Crippen LogP contribution in [0.1, 0.15) is 36.0 Å². The summed E-state index contributed by atoms with van der Waals surface area (Å²) in [5.74, 6) is 0.748. The highest BCUT2D eigenvalue weighted by molar-refractivity contribution is 9.10. The maximum atomic E-state index is 5.78. The number of ether oxygens (including phenoxy) is 2. The maximum absolute atomic E-state index is 5.78. The van der Waals surface area contributed by atoms with Crippen molar-refractivity contribution < 1.29 is 9.47 Å². The molecule has 1 aliphatic heterocycles. The minimum absolute atomic E-state index is 0.137. The van der Waals surface area contributed by atoms with Crippen LogP contribution in [0, 0.1) is 0 Å². The van der Waals surface area contributed by atoms with Gasteiger partial charge in [0.1, 0.15) is 6.10 Å². The topological polar surface area (TPSA) is 18.5 Å². The highest BCUT2D eigenvalue weighted by Gasteiger charge is 2.29. The first-order valence-corrected chi connectivity index (χ1v) is 6.62. The van der Waals surface area contributed by atoms with Crippen molar-refractivity contribution in [1.29, 1.82) is 0 Å². The standard InChI is InChI=1S/C13H15BrO2/c14-10-3-4-11(12(7-10)9-1-2-9)13-8-15-5-6-16-13/h3-4,7,9,13H,1-2,5-6,8H2. The molecule has 1 unspecified atom stereocenters. The fourth-order valence-electron chi connectivity index (χ4n) is 2.25. The van der Waals surface area contributed by atoms with Gasteiger partial charge in [0.05, 0.1) is 19.8 Å². The maximum Gasteiger partial charge on any atom is 0.106 e. The summed E-state index contributed by atoms with van der Waals surface area (Å²) in [7, 11) is 0. The zero-order valence-electron chi connectivity index (χ0n) is 9.12. The normalized spacial score (nSPS) is 25.7. The summed E-state index contributed by atoms with van der Waals surface area (Å²) in [5, 5.41) is 0. The van der Waals surface area contributed by atoms with E-state index in [0.29, 0.717) is 13.2 Å². The van der Waals surface area contributed by atoms with Gasteiger partial charge >= 0.3 is 0 Å². The minimum Gasteiger partial charge on any atom is -0.376 e. The number of halogens is 1. The number of hydrogen-bond acceptors (Lipinski definition) is 2. The molecule has 2 fully saturated rings. The second kappa shape index (κ2) is 4.47. The van der Waals surface area contributed by atoms with Crippen molar-refractivity contribution in [3.8, 4) is 0 Å². The lowest BCUT2D eigenvalue weighted by Gasteiger charge is -2.25. The molecule has 0 radical (unpaired) electrons. The van der Waals surface area contributed by atoms with Crippen molar-refractivity contribution in [1.82, 2.24) is 0 Å². The van der Waals surface area contributed by atoms with E-state index in [1.165, 1.54) is 24.0 Å². The minimum atomic E-state index is 0.137. The van der Waals surface area contributed by atoms with Crippen molar-refractivity contribution in [2.75, 3.05) is 19.8 Å². The van der Waals surface area contributed by atoms with Crippen molar-refractivity contribution in [2.45, 2.75) is 24.9 Å². The molecule has 3 heteroatoms. The molecule has 86 valence electrons. The SMILES string of the molecule is Brc1ccc(C2COCCO2)c(C2CC2)c1. The summed E-state index contributed by atoms with van der Waals surface area (Å²) in [6.07, 6.45) is 2.77. The molecule has 0 amide bonds. The summed E-state index contributed by atoms with van der Waals surface area (Å²) in [5.41, 5.74) is 2.77. The largest absolute Gasteiger partial charge is 0.376 e. The molecule has 16 heavy (non-hydrogen) atoms. The van der Waals surface area contributed by atoms with E-state index < -0.39 is 0 Å². The van der Waals surface area contributed by atoms with Crippen LogP contribution in [0.3, 0.4) is 0 Å². The highest BCUT2D eigenvalue weighted by Crippen LogP contribution is 2.44. The molecular formula is C13H15BrO2. The Morgan fingerprint density at radius 3 is 2.69 bits per heavy atom. The Morgan fingerprint density at radius 1 is 1.12 bits per heavy atom. The van der Waals surface area contributed by atoms with Crippen molar-refractivity contribution in [3.63, 3.8) is 0 Å². The zero-order chi connectivity index (χ0) is 11.0. The average Bonchev–Trinajstić information content (AvgIpc) is 3.14. The predicted molar refractivity (Wildman–Crippen MR) is 65.6 cm³/mol. The second-order valence-corrected chi connectivity index (χ2v) is 5.40. The molecule has 2 aliphatic rings. The summed E-state index contributed by atoms with van der Waals surface area (Å²) >= 11 is 3.54. The average molecular weight is 283 g/mol. The monoisotopic (exact) mass is 282 g/mol. The first-order valence-electron chi connectivity index (χ1n) is 5.83. The Kier molecular flexibility index (Phi) is 3.01. The van der Waals surface area contributed by atoms with Gasteiger partial charge in [-0.1, -0.05) is 22.0 Å². The Labute approximate surface area is 104 Å². The lowest BCUT2D eigenvalue weighted by molar-refractivity contribution is -0.0904. The van der Waals surface area contributed by atoms with Crippen LogP contribution in [0.25, 0.3) is 0 Å². The summed E-state index contributed by atoms with van der Waals surface area (Å²) in [6, 6.07) is 6.52. The van der Waals surface area contributed by atoms with E-state index in [2.05, 4.69) is 34.1 Å². The third-order valence-corrected chi connectivity index (χ3v) is 3.72. The van der Waals surface area contributed by atoms with Gasteiger partial charge in [0.2, 0.25) is 0 Å². The molecule has 0 N–H and O–H groups in total. The van der Waals surface area contributed by atoms with E-state index in [-0.39, 0.29) is 6.10 Å². The van der Waals surface area contributed by atoms with Crippen LogP contribution in [0.15, 0.2) is 22.7 Å². The van der Waals surface area contributed by atoms with Crippen LogP contribution in [-0.4, -0.2) is 19.8 Å². The van der Waals surface area contributed by atoms with E-state index >= 15 is 0 Å². The third-order valence-electron chi connectivity index (χ3n) is 3.23. The number of hydrogen-bond donors (Lipinski definition) is 0. The van der Waals surface area contributed by atoms with Gasteiger partial charge in [-0.15, -0.1) is 0 Å². The summed E-state index contributed by atoms with van der Waals surface area (Å²) < 4.78 is 12.4. The molecule has 1 atom stereocenters. The second-order valence-electron chi connectivity index (χ2n) is 4.48. The predicted octanol–water partition coefficient (Wildman–Crippen LogP) is 3.41. The lowest BCUT2D eigenvalue weighted by Crippen LogP contribution is -2.22. The Bertz CT molecular complexity index is 382. The molecule has 2 nitrogen and oxygen atoms in total. The molecule has 3 rings (SSSR count). The number of rotatable bonds is 2. The zero-order valence-corrected chi connectivity index (χ0v) is 10.7. The van der Waals surface area contributed by atoms with Gasteiger partial charge in [0.25, 0.3) is 0 Å². The highest BCUT2D eigenvalue weighted by atomic mass is 79.9. The smallest absolute Gasteiger partial charge is 0.106 e. The van der Waals surface area contributed by atoms with E-state index in [1.807, 2.05) is 0 Å². The molecule has 1 aromatic carbocycles. The van der Waals surface area contributed by atoms with Gasteiger partial charge in [0, 0.05) is 4.47 Å². The number of benzene rings is 1. The molecule has 1 saturated carbocycles. The van der Waals surface area contributed by atoms with Gasteiger partial charge in [-0.3, -0.25) is 0 Å². The van der Waals surface area contributed by atoms with Gasteiger partial charge in [0.15, 0.2) is 0 Å². The first kappa shape index (κ1) is 10.8. The summed E-state index contributed by atoms with van der Waals surface area (Å²) in [6.45, 7) is 2.14. The fourth-order valence-corrected chi connectivity index (χ4v) is 2.63. The summed E-state index contributed by atoms with van der Waals surface area (Å²) in [4.78, 5) is 0. The molecule has 0 spiro atoms. The van der Waals surface area contributed by atoms with Crippen LogP contribution in [-0.2, 0) is 9.47 Å². The Balaban J connectivity index is 1.91. The van der Waals surface area contributed by atoms with Crippen molar-refractivity contribution in [2.24, 2.45) is 0 Å². The van der Waals surface area contributed by atoms with E-state index in [1.54, 1.807) is 0 Å². The lowest BCUT2D eigenvalue weighted by atomic mass is 9.99. The molecule has 1 aromatic rings. The van der Waals surface area contributed by atoms with Gasteiger partial charge < -0.3 is 9.47 Å². The molecule has 0 aromatic heterocycles. The molecule has 1 aliphatic carbocycles. The van der Waals surface area contributed by atoms with Gasteiger partial charge in [-0.2, -0.15) is 0 Å². The molecule has 0 bridgehead atoms. The van der Waals surface area contributed by atoms with Crippen LogP contribution >= 0.6 is 15.9 Å². The van der Waals surface area contributed by atoms with Crippen molar-refractivity contribution in [3.05, 3.63) is 33.8 Å². The van der Waals surface area contributed by atoms with Crippen LogP contribution in [0.2, 0.25) is 0 Å². The van der Waals surface area contributed by atoms with Crippen LogP contribution in [0.4, 0.5) is 0 Å². The van der Waals surface area contributed by atoms with E-state index in [9.17, 15) is 0 Å². The Hall–Kier alpha value is -0.380. The van der Waals surface area contributed by atoms with Crippen LogP contribution in [0.5, 0.6) is 0 Å². The van der Waals surface area contributed by atoms with Crippen LogP contribution < -0.4 is 0 Å².